The predicted octanol–water partition coefficient (Wildman–Crippen LogP) is -0.494. The summed E-state index contributed by atoms with van der Waals surface area (Å²) in [4.78, 5) is 180. The Bertz CT molecular complexity index is 3700. The molecule has 0 aliphatic heterocycles. The molecule has 0 saturated heterocycles. The summed E-state index contributed by atoms with van der Waals surface area (Å²) in [7, 11) is 0. The third-order valence-corrected chi connectivity index (χ3v) is 17.1. The molecule has 30 heteroatoms. The lowest BCUT2D eigenvalue weighted by atomic mass is 9.97. The smallest absolute Gasteiger partial charge is 0.322 e. The van der Waals surface area contributed by atoms with Crippen molar-refractivity contribution >= 4 is 98.4 Å². The highest BCUT2D eigenvalue weighted by molar-refractivity contribution is 6.01. The minimum absolute atomic E-state index is 0.0280. The summed E-state index contributed by atoms with van der Waals surface area (Å²) < 4.78 is 0. The maximum absolute atomic E-state index is 15.0. The molecule has 0 heterocycles. The van der Waals surface area contributed by atoms with E-state index in [2.05, 4.69) is 53.2 Å². The topological polar surface area (TPSA) is 519 Å². The second kappa shape index (κ2) is 43.4. The molecular formula is C73H102N16O14. The van der Waals surface area contributed by atoms with Crippen LogP contribution in [0.5, 0.6) is 0 Å². The Hall–Kier alpha value is -10.4. The van der Waals surface area contributed by atoms with Crippen molar-refractivity contribution in [3.05, 3.63) is 132 Å². The highest BCUT2D eigenvalue weighted by Crippen LogP contribution is 2.23. The average Bonchev–Trinajstić information content (AvgIpc) is 0.824. The number of rotatable bonds is 46. The first-order chi connectivity index (χ1) is 49.2. The number of benzene rings is 5. The number of primary amides is 2. The molecule has 0 aliphatic rings. The molecule has 5 rings (SSSR count). The van der Waals surface area contributed by atoms with E-state index in [9.17, 15) is 67.4 Å². The van der Waals surface area contributed by atoms with Gasteiger partial charge in [-0.15, -0.1) is 0 Å². The van der Waals surface area contributed by atoms with Crippen molar-refractivity contribution < 1.29 is 67.4 Å². The second-order valence-corrected chi connectivity index (χ2v) is 26.0. The molecule has 103 heavy (non-hydrogen) atoms. The van der Waals surface area contributed by atoms with Crippen molar-refractivity contribution in [1.82, 2.24) is 53.2 Å². The lowest BCUT2D eigenvalue weighted by Crippen LogP contribution is -2.61. The molecular weight excluding hydrogens is 1320 g/mol. The Morgan fingerprint density at radius 3 is 1.25 bits per heavy atom. The summed E-state index contributed by atoms with van der Waals surface area (Å²) in [5.74, 6) is -12.2. The first kappa shape index (κ1) is 83.2. The number of hydrogen-bond donors (Lipinski definition) is 17. The van der Waals surface area contributed by atoms with E-state index in [1.54, 1.807) is 78.9 Å². The Balaban J connectivity index is 1.43. The van der Waals surface area contributed by atoms with Gasteiger partial charge in [0.25, 0.3) is 0 Å². The van der Waals surface area contributed by atoms with Gasteiger partial charge in [-0.2, -0.15) is 0 Å². The molecule has 0 aromatic heterocycles. The van der Waals surface area contributed by atoms with Gasteiger partial charge in [-0.1, -0.05) is 136 Å². The van der Waals surface area contributed by atoms with Gasteiger partial charge in [0.1, 0.15) is 60.9 Å². The van der Waals surface area contributed by atoms with E-state index in [-0.39, 0.29) is 64.0 Å². The van der Waals surface area contributed by atoms with Crippen LogP contribution in [-0.4, -0.2) is 169 Å². The average molecular weight is 1430 g/mol. The fraction of sp³-hybridized carbons (Fsp3) is 0.466. The quantitative estimate of drug-likeness (QED) is 0.0219. The summed E-state index contributed by atoms with van der Waals surface area (Å²) in [6.45, 7) is 5.09. The van der Waals surface area contributed by atoms with Crippen LogP contribution in [-0.2, 0) is 81.6 Å². The molecule has 5 aromatic rings. The molecule has 558 valence electrons. The van der Waals surface area contributed by atoms with Crippen LogP contribution >= 0.6 is 0 Å². The Labute approximate surface area is 598 Å². The van der Waals surface area contributed by atoms with Crippen molar-refractivity contribution in [3.63, 3.8) is 0 Å². The third-order valence-electron chi connectivity index (χ3n) is 17.1. The van der Waals surface area contributed by atoms with Crippen LogP contribution in [0.1, 0.15) is 121 Å². The van der Waals surface area contributed by atoms with Crippen molar-refractivity contribution in [1.29, 1.82) is 0 Å². The zero-order valence-electron chi connectivity index (χ0n) is 58.7. The van der Waals surface area contributed by atoms with Crippen molar-refractivity contribution in [2.45, 2.75) is 184 Å². The number of aliphatic carboxylic acids is 1. The van der Waals surface area contributed by atoms with E-state index in [1.807, 2.05) is 50.2 Å². The number of unbranched alkanes of at least 4 members (excludes halogenated alkanes) is 3. The van der Waals surface area contributed by atoms with Gasteiger partial charge < -0.3 is 92.7 Å². The Kier molecular flexibility index (Phi) is 35.1. The fourth-order valence-corrected chi connectivity index (χ4v) is 11.6. The number of hydrogen-bond acceptors (Lipinski definition) is 17. The summed E-state index contributed by atoms with van der Waals surface area (Å²) in [5.41, 5.74) is 36.4. The fourth-order valence-electron chi connectivity index (χ4n) is 11.6. The van der Waals surface area contributed by atoms with E-state index in [0.29, 0.717) is 67.1 Å². The minimum atomic E-state index is -1.81. The second-order valence-electron chi connectivity index (χ2n) is 26.0. The molecule has 0 bridgehead atoms. The molecule has 0 spiro atoms. The first-order valence-electron chi connectivity index (χ1n) is 34.8. The summed E-state index contributed by atoms with van der Waals surface area (Å²) in [5, 5.41) is 38.4. The molecule has 30 nitrogen and oxygen atoms in total. The van der Waals surface area contributed by atoms with Gasteiger partial charge in [0.2, 0.25) is 70.9 Å². The van der Waals surface area contributed by atoms with Crippen molar-refractivity contribution in [2.24, 2.45) is 40.3 Å². The molecule has 0 radical (unpaired) electrons. The largest absolute Gasteiger partial charge is 0.480 e. The Morgan fingerprint density at radius 1 is 0.379 bits per heavy atom. The maximum Gasteiger partial charge on any atom is 0.322 e. The highest BCUT2D eigenvalue weighted by Gasteiger charge is 2.37. The normalized spacial score (nSPS) is 14.1. The van der Waals surface area contributed by atoms with E-state index in [0.717, 1.165) is 16.2 Å². The summed E-state index contributed by atoms with van der Waals surface area (Å²) >= 11 is 0. The lowest BCUT2D eigenvalue weighted by Gasteiger charge is -2.28. The number of carboxylic acids is 1. The third kappa shape index (κ3) is 28.5. The van der Waals surface area contributed by atoms with E-state index in [4.69, 9.17) is 34.4 Å². The standard InChI is InChI=1S/C73H102N16O14/c1-43(2)37-56(85-65(95)52(77)29-11-14-34-74)69(99)86-57(38-45-19-5-4-6-20-45)70(100)89-60(41-62(79)91)73(103)88-59(40-49-26-18-24-47-22-8-10-28-51(47)49)72(102)84-55(32-33-61(78)90)67(97)81-44(3)64(94)82-54(31-13-16-36-76)68(98)87-58(39-48-25-17-23-46-21-7-9-27-50(46)48)71(101)83-53(30-12-15-35-75)66(96)80-42-63(92)93/h4-10,17-28,43-44,52-60H,11-16,29-42,74-77H2,1-3H3,(H2,78,90)(H2,79,91)(H,80,96)(H,81,97)(H,82,94)(H,83,101)(H,84,102)(H,85,95)(H,86,99)(H,87,98)(H,88,103)(H,89,100)(H,92,93)/t44-,52-,53-,54-,55-,56-,57-,58-,59-,60-/m0/s1. The molecule has 23 N–H and O–H groups in total. The molecule has 0 unspecified atom stereocenters. The Morgan fingerprint density at radius 2 is 0.767 bits per heavy atom. The van der Waals surface area contributed by atoms with Gasteiger partial charge in [-0.25, -0.2) is 0 Å². The van der Waals surface area contributed by atoms with E-state index >= 15 is 0 Å². The number of nitrogens with two attached hydrogens (primary N) is 6. The molecule has 0 saturated carbocycles. The van der Waals surface area contributed by atoms with Crippen molar-refractivity contribution in [3.8, 4) is 0 Å². The van der Waals surface area contributed by atoms with Crippen LogP contribution in [0.3, 0.4) is 0 Å². The van der Waals surface area contributed by atoms with Gasteiger partial charge in [0.15, 0.2) is 0 Å². The van der Waals surface area contributed by atoms with E-state index in [1.165, 1.54) is 6.92 Å². The molecule has 0 fully saturated rings. The number of carboxylic acid groups (broad SMARTS) is 1. The number of carbonyl (C=O) groups is 13. The van der Waals surface area contributed by atoms with Crippen LogP contribution < -0.4 is 87.6 Å². The molecule has 10 atom stereocenters. The molecule has 0 aliphatic carbocycles. The molecule has 12 amide bonds. The monoisotopic (exact) mass is 1430 g/mol. The van der Waals surface area contributed by atoms with Crippen molar-refractivity contribution in [2.75, 3.05) is 26.2 Å². The van der Waals surface area contributed by atoms with Crippen LogP contribution in [0.2, 0.25) is 0 Å². The minimum Gasteiger partial charge on any atom is -0.480 e. The van der Waals surface area contributed by atoms with Gasteiger partial charge in [0, 0.05) is 25.7 Å². The SMILES string of the molecule is CC(C)C[C@H](NC(=O)[C@@H](N)CCCCN)C(=O)N[C@@H](Cc1ccccc1)C(=O)N[C@@H](CC(N)=O)C(=O)N[C@@H](Cc1cccc2ccccc12)C(=O)N[C@@H](CCC(N)=O)C(=O)N[C@@H](C)C(=O)N[C@@H](CCCCN)C(=O)N[C@@H](Cc1cccc2ccccc12)C(=O)N[C@@H](CCCCN)C(=O)NCC(=O)O. The highest BCUT2D eigenvalue weighted by atomic mass is 16.4. The first-order valence-corrected chi connectivity index (χ1v) is 34.8. The van der Waals surface area contributed by atoms with Crippen LogP contribution in [0, 0.1) is 5.92 Å². The van der Waals surface area contributed by atoms with Gasteiger partial charge >= 0.3 is 5.97 Å². The number of amides is 12. The predicted molar refractivity (Wildman–Crippen MR) is 388 cm³/mol. The number of carbonyl (C=O) groups excluding carboxylic acids is 12. The summed E-state index contributed by atoms with van der Waals surface area (Å²) in [6, 6.07) is 19.4. The number of fused-ring (bicyclic) bond motifs is 2. The zero-order valence-corrected chi connectivity index (χ0v) is 58.7. The van der Waals surface area contributed by atoms with Gasteiger partial charge in [-0.05, 0) is 135 Å². The van der Waals surface area contributed by atoms with Gasteiger partial charge in [0.05, 0.1) is 12.5 Å². The zero-order chi connectivity index (χ0) is 75.5. The molecule has 5 aromatic carbocycles. The van der Waals surface area contributed by atoms with Crippen LogP contribution in [0.25, 0.3) is 21.5 Å². The summed E-state index contributed by atoms with van der Waals surface area (Å²) in [6.07, 6.45) is 0.887. The lowest BCUT2D eigenvalue weighted by molar-refractivity contribution is -0.138. The van der Waals surface area contributed by atoms with E-state index < -0.39 is 163 Å². The van der Waals surface area contributed by atoms with Crippen LogP contribution in [0.15, 0.2) is 115 Å². The maximum atomic E-state index is 15.0. The van der Waals surface area contributed by atoms with Crippen LogP contribution in [0.4, 0.5) is 0 Å². The van der Waals surface area contributed by atoms with Gasteiger partial charge in [-0.3, -0.25) is 62.3 Å². The number of nitrogens with one attached hydrogen (secondary N) is 10.